The van der Waals surface area contributed by atoms with Crippen LogP contribution in [-0.4, -0.2) is 114 Å². The van der Waals surface area contributed by atoms with Gasteiger partial charge in [-0.05, 0) is 91.9 Å². The first-order valence-electron chi connectivity index (χ1n) is 28.1. The van der Waals surface area contributed by atoms with Gasteiger partial charge in [-0.25, -0.2) is 0 Å². The van der Waals surface area contributed by atoms with E-state index >= 15 is 0 Å². The molecule has 2 aliphatic rings. The second-order valence-electron chi connectivity index (χ2n) is 22.6. The van der Waals surface area contributed by atoms with Crippen molar-refractivity contribution in [2.75, 3.05) is 14.2 Å². The lowest BCUT2D eigenvalue weighted by atomic mass is 9.87. The van der Waals surface area contributed by atoms with Gasteiger partial charge in [0.25, 0.3) is 0 Å². The molecule has 0 aromatic rings. The van der Waals surface area contributed by atoms with Crippen molar-refractivity contribution in [2.45, 2.75) is 259 Å². The van der Waals surface area contributed by atoms with Crippen LogP contribution in [-0.2, 0) is 47.7 Å². The van der Waals surface area contributed by atoms with E-state index in [1.54, 1.807) is 12.2 Å². The van der Waals surface area contributed by atoms with Crippen LogP contribution in [0.4, 0.5) is 0 Å². The normalized spacial score (nSPS) is 21.7. The number of methoxy groups -OCH3 is 2. The molecule has 4 unspecified atom stereocenters. The summed E-state index contributed by atoms with van der Waals surface area (Å²) in [5, 5.41) is 20.5. The Labute approximate surface area is 443 Å². The summed E-state index contributed by atoms with van der Waals surface area (Å²) < 4.78 is 22.0. The molecule has 2 N–H and O–H groups in total. The second kappa shape index (κ2) is 40.7. The zero-order valence-electron chi connectivity index (χ0n) is 48.6. The first-order valence-corrected chi connectivity index (χ1v) is 33.7. The van der Waals surface area contributed by atoms with Crippen LogP contribution in [0.2, 0.25) is 26.2 Å². The Morgan fingerprint density at radius 2 is 1.06 bits per heavy atom. The Morgan fingerprint density at radius 3 is 1.49 bits per heavy atom. The summed E-state index contributed by atoms with van der Waals surface area (Å²) in [6.45, 7) is 30.0. The molecule has 0 heterocycles. The number of esters is 2. The highest BCUT2D eigenvalue weighted by molar-refractivity contribution is 6.31. The number of ketones is 4. The third-order valence-corrected chi connectivity index (χ3v) is 12.5. The number of carbonyl (C=O) groups excluding carboxylic acids is 6. The molecule has 0 amide bonds. The van der Waals surface area contributed by atoms with Gasteiger partial charge >= 0.3 is 11.9 Å². The van der Waals surface area contributed by atoms with E-state index in [1.165, 1.54) is 33.5 Å². The number of aliphatic hydroxyl groups excluding tert-OH is 2. The van der Waals surface area contributed by atoms with Crippen molar-refractivity contribution in [3.05, 3.63) is 24.3 Å². The Kier molecular flexibility index (Phi) is 40.3. The Hall–Kier alpha value is -2.63. The Balaban J connectivity index is 0. The highest BCUT2D eigenvalue weighted by Crippen LogP contribution is 2.38. The molecular formula is C58H108O12Si2. The van der Waals surface area contributed by atoms with E-state index in [2.05, 4.69) is 96.3 Å². The molecular weight excluding hydrogens is 945 g/mol. The van der Waals surface area contributed by atoms with E-state index in [1.807, 2.05) is 20.8 Å². The molecule has 10 atom stereocenters. The molecule has 0 spiro atoms. The van der Waals surface area contributed by atoms with Crippen LogP contribution < -0.4 is 0 Å². The van der Waals surface area contributed by atoms with Crippen LogP contribution in [0.5, 0.6) is 0 Å². The van der Waals surface area contributed by atoms with Gasteiger partial charge in [0.05, 0.1) is 49.8 Å². The zero-order chi connectivity index (χ0) is 55.5. The van der Waals surface area contributed by atoms with E-state index < -0.39 is 24.0 Å². The van der Waals surface area contributed by atoms with Crippen molar-refractivity contribution in [1.29, 1.82) is 0 Å². The van der Waals surface area contributed by atoms with Gasteiger partial charge in [0.15, 0.2) is 0 Å². The number of ether oxygens (including phenoxy) is 4. The predicted molar refractivity (Wildman–Crippen MR) is 300 cm³/mol. The molecule has 0 saturated heterocycles. The average molecular weight is 1050 g/mol. The summed E-state index contributed by atoms with van der Waals surface area (Å²) in [4.78, 5) is 72.8. The highest BCUT2D eigenvalue weighted by atomic mass is 28.2. The van der Waals surface area contributed by atoms with Crippen LogP contribution in [0, 0.1) is 35.5 Å². The van der Waals surface area contributed by atoms with Crippen molar-refractivity contribution in [3.63, 3.8) is 0 Å². The van der Waals surface area contributed by atoms with E-state index in [0.29, 0.717) is 88.7 Å². The third-order valence-electron chi connectivity index (χ3n) is 12.5. The van der Waals surface area contributed by atoms with Crippen molar-refractivity contribution >= 4 is 54.1 Å². The fourth-order valence-electron chi connectivity index (χ4n) is 8.97. The van der Waals surface area contributed by atoms with Crippen molar-refractivity contribution in [1.82, 2.24) is 0 Å². The van der Waals surface area contributed by atoms with Gasteiger partial charge in [-0.2, -0.15) is 0 Å². The molecule has 0 aromatic heterocycles. The highest BCUT2D eigenvalue weighted by Gasteiger charge is 2.44. The van der Waals surface area contributed by atoms with E-state index in [4.69, 9.17) is 9.47 Å². The number of hydrogen-bond donors (Lipinski definition) is 2. The van der Waals surface area contributed by atoms with Gasteiger partial charge < -0.3 is 29.2 Å². The SMILES string of the molecule is CCCC[C@H](C)CC(/C=C/[C@H]1C(OC(C)(C)C)CC(=O)[C@@H]1CC(=O)CCCCC(=O)OC)OC(C)(C)C.CCCC[C@H](C)CC(O)/C=C/[C@H]1C(O)CC(=O)[C@@H]1CC(=O)CCCCC(=O)OC.C[SiH2]C.C[SiH2]C. The van der Waals surface area contributed by atoms with Crippen molar-refractivity contribution in [2.24, 2.45) is 35.5 Å². The fourth-order valence-corrected chi connectivity index (χ4v) is 8.97. The number of unbranched alkanes of at least 4 members (excludes halogenated alkanes) is 4. The minimum atomic E-state index is -0.805. The van der Waals surface area contributed by atoms with Gasteiger partial charge in [-0.1, -0.05) is 117 Å². The van der Waals surface area contributed by atoms with Gasteiger partial charge in [0, 0.05) is 94.1 Å². The summed E-state index contributed by atoms with van der Waals surface area (Å²) >= 11 is 0. The average Bonchev–Trinajstić information content (AvgIpc) is 3.72. The minimum Gasteiger partial charge on any atom is -0.469 e. The quantitative estimate of drug-likeness (QED) is 0.0301. The Morgan fingerprint density at radius 1 is 0.639 bits per heavy atom. The second-order valence-corrected chi connectivity index (χ2v) is 25.4. The standard InChI is InChI=1S/C31H54O6.C23H38O6.2C2H8Si/c1-10-11-14-22(2)19-24(36-30(3,4)5)17-18-25-26(27(33)21-28(25)37-31(6,7)8)20-23(32)15-12-13-16-29(34)35-9;1-4-5-8-16(2)13-18(25)11-12-19-20(22(27)15-21(19)26)14-17(24)9-6-7-10-23(28)29-3;2*1-3-2/h17-18,22,24-26,28H,10-16,19-21H2,1-9H3;11-12,16,18-21,25-26H,4-10,13-15H2,1-3H3;2*3H2,1-2H3/b18-17+;12-11+;;/t22-,24?,25+,26+,28?;16-,18?,19+,20+,21?;;/m00../s1. The molecule has 0 bridgehead atoms. The summed E-state index contributed by atoms with van der Waals surface area (Å²) in [5.41, 5.74) is -0.675. The predicted octanol–water partition coefficient (Wildman–Crippen LogP) is 10.9. The maximum Gasteiger partial charge on any atom is 0.305 e. The van der Waals surface area contributed by atoms with Gasteiger partial charge in [0.2, 0.25) is 0 Å². The molecule has 0 aromatic carbocycles. The van der Waals surface area contributed by atoms with Crippen LogP contribution in [0.25, 0.3) is 0 Å². The van der Waals surface area contributed by atoms with Crippen molar-refractivity contribution < 1.29 is 57.9 Å². The van der Waals surface area contributed by atoms with Crippen LogP contribution in [0.3, 0.4) is 0 Å². The van der Waals surface area contributed by atoms with Gasteiger partial charge in [-0.15, -0.1) is 0 Å². The van der Waals surface area contributed by atoms with E-state index in [9.17, 15) is 39.0 Å². The number of Topliss-reactive ketones (excluding diaryl/α,β-unsaturated/α-hetero) is 4. The molecule has 2 aliphatic carbocycles. The summed E-state index contributed by atoms with van der Waals surface area (Å²) in [6, 6.07) is 0. The zero-order valence-corrected chi connectivity index (χ0v) is 51.4. The smallest absolute Gasteiger partial charge is 0.305 e. The first kappa shape index (κ1) is 71.4. The molecule has 14 heteroatoms. The van der Waals surface area contributed by atoms with Crippen LogP contribution >= 0.6 is 0 Å². The topological polar surface area (TPSA) is 180 Å². The van der Waals surface area contributed by atoms with Crippen LogP contribution in [0.15, 0.2) is 24.3 Å². The van der Waals surface area contributed by atoms with Gasteiger partial charge in [-0.3, -0.25) is 28.8 Å². The molecule has 2 saturated carbocycles. The molecule has 12 nitrogen and oxygen atoms in total. The minimum absolute atomic E-state index is 0.0329. The molecule has 72 heavy (non-hydrogen) atoms. The molecule has 0 aliphatic heterocycles. The lowest BCUT2D eigenvalue weighted by Crippen LogP contribution is -2.32. The van der Waals surface area contributed by atoms with E-state index in [-0.39, 0.29) is 96.0 Å². The maximum atomic E-state index is 13.1. The number of carbonyl (C=O) groups is 6. The van der Waals surface area contributed by atoms with Crippen molar-refractivity contribution in [3.8, 4) is 0 Å². The van der Waals surface area contributed by atoms with Crippen LogP contribution in [0.1, 0.15) is 198 Å². The number of rotatable bonds is 30. The third kappa shape index (κ3) is 35.6. The monoisotopic (exact) mass is 1050 g/mol. The lowest BCUT2D eigenvalue weighted by Gasteiger charge is -2.30. The van der Waals surface area contributed by atoms with E-state index in [0.717, 1.165) is 25.7 Å². The summed E-state index contributed by atoms with van der Waals surface area (Å²) in [5.74, 6) is -1.09. The van der Waals surface area contributed by atoms with Gasteiger partial charge in [0.1, 0.15) is 23.1 Å². The first-order chi connectivity index (χ1) is 33.8. The largest absolute Gasteiger partial charge is 0.469 e. The molecule has 420 valence electrons. The number of aliphatic hydroxyl groups is 2. The molecule has 2 fully saturated rings. The molecule has 0 radical (unpaired) electrons. The fraction of sp³-hybridized carbons (Fsp3) is 0.828. The Bertz CT molecular complexity index is 1560. The maximum absolute atomic E-state index is 13.1. The number of hydrogen-bond acceptors (Lipinski definition) is 12. The summed E-state index contributed by atoms with van der Waals surface area (Å²) in [6.07, 6.45) is 18.7. The molecule has 2 rings (SSSR count). The lowest BCUT2D eigenvalue weighted by molar-refractivity contribution is -0.141. The summed E-state index contributed by atoms with van der Waals surface area (Å²) in [7, 11) is 3.53.